The van der Waals surface area contributed by atoms with Crippen LogP contribution in [0.25, 0.3) is 21.8 Å². The van der Waals surface area contributed by atoms with Gasteiger partial charge in [0.15, 0.2) is 6.61 Å². The van der Waals surface area contributed by atoms with Crippen molar-refractivity contribution < 1.29 is 9.53 Å². The van der Waals surface area contributed by atoms with Gasteiger partial charge in [-0.1, -0.05) is 28.1 Å². The maximum Gasteiger partial charge on any atom is 0.262 e. The number of anilines is 1. The van der Waals surface area contributed by atoms with Crippen LogP contribution in [0.15, 0.2) is 52.3 Å². The van der Waals surface area contributed by atoms with E-state index in [1.807, 2.05) is 47.8 Å². The number of carbonyl (C=O) groups is 1. The molecular formula is C17H11BrN2O2S. The first-order chi connectivity index (χ1) is 11.2. The van der Waals surface area contributed by atoms with Crippen LogP contribution in [0.1, 0.15) is 0 Å². The summed E-state index contributed by atoms with van der Waals surface area (Å²) < 4.78 is 6.41. The van der Waals surface area contributed by atoms with Crippen LogP contribution in [0.2, 0.25) is 0 Å². The smallest absolute Gasteiger partial charge is 0.262 e. The highest BCUT2D eigenvalue weighted by molar-refractivity contribution is 9.10. The van der Waals surface area contributed by atoms with E-state index in [0.29, 0.717) is 11.4 Å². The molecule has 0 unspecified atom stereocenters. The molecule has 1 aliphatic heterocycles. The summed E-state index contributed by atoms with van der Waals surface area (Å²) in [6.07, 6.45) is 0. The molecule has 2 heterocycles. The second kappa shape index (κ2) is 5.79. The van der Waals surface area contributed by atoms with Crippen molar-refractivity contribution >= 4 is 38.9 Å². The first-order valence-electron chi connectivity index (χ1n) is 6.97. The normalized spacial score (nSPS) is 13.2. The van der Waals surface area contributed by atoms with Crippen LogP contribution in [0.5, 0.6) is 5.75 Å². The van der Waals surface area contributed by atoms with Gasteiger partial charge in [0, 0.05) is 21.0 Å². The molecule has 4 nitrogen and oxygen atoms in total. The number of rotatable bonds is 2. The summed E-state index contributed by atoms with van der Waals surface area (Å²) in [5.41, 5.74) is 3.60. The third kappa shape index (κ3) is 2.87. The molecule has 1 aromatic heterocycles. The zero-order valence-corrected chi connectivity index (χ0v) is 14.3. The van der Waals surface area contributed by atoms with Crippen LogP contribution < -0.4 is 10.1 Å². The number of carbonyl (C=O) groups excluding carboxylic acids is 1. The van der Waals surface area contributed by atoms with Gasteiger partial charge in [-0.2, -0.15) is 0 Å². The minimum Gasteiger partial charge on any atom is -0.482 e. The number of ether oxygens (including phenoxy) is 1. The number of amides is 1. The summed E-state index contributed by atoms with van der Waals surface area (Å²) in [6, 6.07) is 13.8. The summed E-state index contributed by atoms with van der Waals surface area (Å²) >= 11 is 5.07. The standard InChI is InChI=1S/C17H11BrN2O2S/c18-12-3-1-2-11(6-12)17-20-14(9-23-17)10-4-5-15-13(7-10)19-16(21)8-22-15/h1-7,9H,8H2,(H,19,21). The number of hydrogen-bond acceptors (Lipinski definition) is 4. The Bertz CT molecular complexity index is 907. The van der Waals surface area contributed by atoms with Gasteiger partial charge in [-0.15, -0.1) is 11.3 Å². The number of hydrogen-bond donors (Lipinski definition) is 1. The molecule has 0 bridgehead atoms. The molecule has 114 valence electrons. The van der Waals surface area contributed by atoms with E-state index in [4.69, 9.17) is 9.72 Å². The Kier molecular flexibility index (Phi) is 3.63. The summed E-state index contributed by atoms with van der Waals surface area (Å²) in [7, 11) is 0. The fourth-order valence-electron chi connectivity index (χ4n) is 2.40. The van der Waals surface area contributed by atoms with Crippen molar-refractivity contribution in [2.24, 2.45) is 0 Å². The highest BCUT2D eigenvalue weighted by Gasteiger charge is 2.17. The molecule has 0 aliphatic carbocycles. The summed E-state index contributed by atoms with van der Waals surface area (Å²) in [5.74, 6) is 0.554. The predicted molar refractivity (Wildman–Crippen MR) is 94.8 cm³/mol. The second-order valence-corrected chi connectivity index (χ2v) is 6.87. The number of halogens is 1. The molecule has 0 spiro atoms. The van der Waals surface area contributed by atoms with E-state index in [2.05, 4.69) is 21.2 Å². The number of fused-ring (bicyclic) bond motifs is 1. The molecule has 1 aliphatic rings. The lowest BCUT2D eigenvalue weighted by Crippen LogP contribution is -2.25. The summed E-state index contributed by atoms with van der Waals surface area (Å²) in [5, 5.41) is 5.80. The first kappa shape index (κ1) is 14.4. The van der Waals surface area contributed by atoms with Crippen LogP contribution in [-0.2, 0) is 4.79 Å². The zero-order chi connectivity index (χ0) is 15.8. The van der Waals surface area contributed by atoms with E-state index in [-0.39, 0.29) is 12.5 Å². The van der Waals surface area contributed by atoms with Gasteiger partial charge in [0.2, 0.25) is 0 Å². The van der Waals surface area contributed by atoms with E-state index in [0.717, 1.165) is 26.3 Å². The van der Waals surface area contributed by atoms with Crippen LogP contribution in [0, 0.1) is 0 Å². The van der Waals surface area contributed by atoms with E-state index < -0.39 is 0 Å². The topological polar surface area (TPSA) is 51.2 Å². The molecule has 0 saturated carbocycles. The molecule has 4 rings (SSSR count). The molecule has 23 heavy (non-hydrogen) atoms. The van der Waals surface area contributed by atoms with Gasteiger partial charge in [0.1, 0.15) is 10.8 Å². The number of nitrogens with one attached hydrogen (secondary N) is 1. The van der Waals surface area contributed by atoms with Gasteiger partial charge in [-0.3, -0.25) is 4.79 Å². The van der Waals surface area contributed by atoms with Gasteiger partial charge in [0.25, 0.3) is 5.91 Å². The minimum absolute atomic E-state index is 0.0656. The van der Waals surface area contributed by atoms with Gasteiger partial charge in [-0.05, 0) is 30.3 Å². The van der Waals surface area contributed by atoms with Crippen molar-refractivity contribution in [3.63, 3.8) is 0 Å². The van der Waals surface area contributed by atoms with Gasteiger partial charge in [-0.25, -0.2) is 4.98 Å². The van der Waals surface area contributed by atoms with Crippen LogP contribution in [0.3, 0.4) is 0 Å². The third-order valence-electron chi connectivity index (χ3n) is 3.48. The van der Waals surface area contributed by atoms with E-state index >= 15 is 0 Å². The molecule has 0 radical (unpaired) electrons. The fraction of sp³-hybridized carbons (Fsp3) is 0.0588. The van der Waals surface area contributed by atoms with Gasteiger partial charge in [0.05, 0.1) is 11.4 Å². The van der Waals surface area contributed by atoms with E-state index in [9.17, 15) is 4.79 Å². The molecular weight excluding hydrogens is 376 g/mol. The Labute approximate surface area is 145 Å². The van der Waals surface area contributed by atoms with Crippen molar-refractivity contribution in [2.75, 3.05) is 11.9 Å². The third-order valence-corrected chi connectivity index (χ3v) is 4.87. The Morgan fingerprint density at radius 2 is 2.09 bits per heavy atom. The van der Waals surface area contributed by atoms with E-state index in [1.54, 1.807) is 11.3 Å². The quantitative estimate of drug-likeness (QED) is 0.701. The summed E-state index contributed by atoms with van der Waals surface area (Å²) in [4.78, 5) is 16.1. The predicted octanol–water partition coefficient (Wildman–Crippen LogP) is 4.57. The number of benzene rings is 2. The average Bonchev–Trinajstić information content (AvgIpc) is 3.04. The van der Waals surface area contributed by atoms with Gasteiger partial charge < -0.3 is 10.1 Å². The summed E-state index contributed by atoms with van der Waals surface area (Å²) in [6.45, 7) is 0.0656. The van der Waals surface area contributed by atoms with Crippen molar-refractivity contribution in [1.82, 2.24) is 4.98 Å². The maximum absolute atomic E-state index is 11.4. The van der Waals surface area contributed by atoms with Crippen molar-refractivity contribution in [3.8, 4) is 27.6 Å². The van der Waals surface area contributed by atoms with Crippen LogP contribution in [-0.4, -0.2) is 17.5 Å². The minimum atomic E-state index is -0.136. The largest absolute Gasteiger partial charge is 0.482 e. The number of aromatic nitrogens is 1. The van der Waals surface area contributed by atoms with Crippen molar-refractivity contribution in [3.05, 3.63) is 52.3 Å². The molecule has 1 amide bonds. The van der Waals surface area contributed by atoms with Gasteiger partial charge >= 0.3 is 0 Å². The fourth-order valence-corrected chi connectivity index (χ4v) is 3.63. The maximum atomic E-state index is 11.4. The second-order valence-electron chi connectivity index (χ2n) is 5.10. The molecule has 6 heteroatoms. The zero-order valence-electron chi connectivity index (χ0n) is 11.9. The van der Waals surface area contributed by atoms with Crippen molar-refractivity contribution in [2.45, 2.75) is 0 Å². The lowest BCUT2D eigenvalue weighted by molar-refractivity contribution is -0.118. The Morgan fingerprint density at radius 3 is 2.96 bits per heavy atom. The monoisotopic (exact) mass is 386 g/mol. The van der Waals surface area contributed by atoms with E-state index in [1.165, 1.54) is 0 Å². The molecule has 1 N–H and O–H groups in total. The van der Waals surface area contributed by atoms with Crippen molar-refractivity contribution in [1.29, 1.82) is 0 Å². The molecule has 3 aromatic rings. The lowest BCUT2D eigenvalue weighted by Gasteiger charge is -2.18. The molecule has 0 atom stereocenters. The van der Waals surface area contributed by atoms with Crippen LogP contribution in [0.4, 0.5) is 5.69 Å². The SMILES string of the molecule is O=C1COc2ccc(-c3csc(-c4cccc(Br)c4)n3)cc2N1. The number of thiazole rings is 1. The highest BCUT2D eigenvalue weighted by Crippen LogP contribution is 2.35. The molecule has 2 aromatic carbocycles. The average molecular weight is 387 g/mol. The number of nitrogens with zero attached hydrogens (tertiary/aromatic N) is 1. The Balaban J connectivity index is 1.69. The molecule has 0 fully saturated rings. The Hall–Kier alpha value is -2.18. The highest BCUT2D eigenvalue weighted by atomic mass is 79.9. The first-order valence-corrected chi connectivity index (χ1v) is 8.65. The molecule has 0 saturated heterocycles. The van der Waals surface area contributed by atoms with Crippen LogP contribution >= 0.6 is 27.3 Å². The lowest BCUT2D eigenvalue weighted by atomic mass is 10.1. The Morgan fingerprint density at radius 1 is 1.17 bits per heavy atom.